The van der Waals surface area contributed by atoms with E-state index in [1.807, 2.05) is 6.92 Å². The molecule has 1 fully saturated rings. The van der Waals surface area contributed by atoms with Crippen LogP contribution in [0.2, 0.25) is 0 Å². The third-order valence-electron chi connectivity index (χ3n) is 6.07. The molecule has 1 N–H and O–H groups in total. The number of hydrogen-bond acceptors (Lipinski definition) is 5. The summed E-state index contributed by atoms with van der Waals surface area (Å²) in [7, 11) is 2.92. The van der Waals surface area contributed by atoms with Gasteiger partial charge in [-0.2, -0.15) is 0 Å². The van der Waals surface area contributed by atoms with E-state index in [4.69, 9.17) is 0 Å². The number of rotatable bonds is 16. The van der Waals surface area contributed by atoms with Gasteiger partial charge in [-0.3, -0.25) is 14.5 Å². The molecule has 174 valence electrons. The van der Waals surface area contributed by atoms with Crippen molar-refractivity contribution in [1.29, 1.82) is 0 Å². The number of amides is 3. The number of methoxy groups -OCH3 is 1. The van der Waals surface area contributed by atoms with E-state index in [9.17, 15) is 19.5 Å². The summed E-state index contributed by atoms with van der Waals surface area (Å²) in [6, 6.07) is -0.710. The lowest BCUT2D eigenvalue weighted by molar-refractivity contribution is -0.140. The first-order valence-electron chi connectivity index (χ1n) is 11.6. The highest BCUT2D eigenvalue weighted by Gasteiger charge is 2.42. The van der Waals surface area contributed by atoms with Crippen LogP contribution in [0.15, 0.2) is 0 Å². The van der Waals surface area contributed by atoms with Gasteiger partial charge in [0.1, 0.15) is 6.04 Å². The van der Waals surface area contributed by atoms with E-state index in [-0.39, 0.29) is 17.9 Å². The SMILES string of the molecule is CCCCCCCC(C)(O)CCN1C(=O)N(C)C(=O)C1CCCCCCC(=O)OC. The van der Waals surface area contributed by atoms with E-state index in [1.165, 1.54) is 38.3 Å². The van der Waals surface area contributed by atoms with Crippen molar-refractivity contribution < 1.29 is 24.2 Å². The first-order valence-corrected chi connectivity index (χ1v) is 11.6. The molecule has 1 aliphatic rings. The van der Waals surface area contributed by atoms with Crippen molar-refractivity contribution in [3.63, 3.8) is 0 Å². The third-order valence-corrected chi connectivity index (χ3v) is 6.07. The van der Waals surface area contributed by atoms with Crippen LogP contribution in [0.4, 0.5) is 4.79 Å². The Balaban J connectivity index is 2.44. The molecule has 0 saturated carbocycles. The van der Waals surface area contributed by atoms with Crippen molar-refractivity contribution in [2.75, 3.05) is 20.7 Å². The second-order valence-corrected chi connectivity index (χ2v) is 8.83. The zero-order valence-corrected chi connectivity index (χ0v) is 19.5. The molecule has 7 nitrogen and oxygen atoms in total. The Bertz CT molecular complexity index is 550. The van der Waals surface area contributed by atoms with Crippen LogP contribution >= 0.6 is 0 Å². The molecule has 1 heterocycles. The summed E-state index contributed by atoms with van der Waals surface area (Å²) in [5.74, 6) is -0.356. The quantitative estimate of drug-likeness (QED) is 0.226. The molecule has 0 aliphatic carbocycles. The maximum Gasteiger partial charge on any atom is 0.327 e. The normalized spacial score (nSPS) is 18.8. The fourth-order valence-corrected chi connectivity index (χ4v) is 3.97. The molecule has 0 radical (unpaired) electrons. The summed E-state index contributed by atoms with van der Waals surface area (Å²) < 4.78 is 4.63. The van der Waals surface area contributed by atoms with Crippen molar-refractivity contribution in [3.8, 4) is 0 Å². The van der Waals surface area contributed by atoms with E-state index in [0.29, 0.717) is 32.2 Å². The van der Waals surface area contributed by atoms with Crippen molar-refractivity contribution in [3.05, 3.63) is 0 Å². The smallest absolute Gasteiger partial charge is 0.327 e. The minimum Gasteiger partial charge on any atom is -0.469 e. The number of likely N-dealkylation sites (N-methyl/N-ethyl adjacent to an activating group) is 1. The van der Waals surface area contributed by atoms with Crippen LogP contribution in [0, 0.1) is 0 Å². The summed E-state index contributed by atoms with van der Waals surface area (Å²) in [4.78, 5) is 39.0. The fourth-order valence-electron chi connectivity index (χ4n) is 3.97. The lowest BCUT2D eigenvalue weighted by Crippen LogP contribution is -2.39. The fraction of sp³-hybridized carbons (Fsp3) is 0.870. The van der Waals surface area contributed by atoms with Gasteiger partial charge in [-0.05, 0) is 32.6 Å². The first kappa shape index (κ1) is 26.4. The average molecular weight is 427 g/mol. The highest BCUT2D eigenvalue weighted by Crippen LogP contribution is 2.25. The van der Waals surface area contributed by atoms with Gasteiger partial charge in [-0.25, -0.2) is 4.79 Å². The maximum atomic E-state index is 12.5. The first-order chi connectivity index (χ1) is 14.2. The summed E-state index contributed by atoms with van der Waals surface area (Å²) in [6.07, 6.45) is 11.3. The zero-order valence-electron chi connectivity index (χ0n) is 19.5. The van der Waals surface area contributed by atoms with Crippen LogP contribution in [-0.4, -0.2) is 65.2 Å². The number of nitrogens with zero attached hydrogens (tertiary/aromatic N) is 2. The van der Waals surface area contributed by atoms with Gasteiger partial charge in [0.25, 0.3) is 5.91 Å². The van der Waals surface area contributed by atoms with Crippen molar-refractivity contribution in [2.45, 2.75) is 109 Å². The van der Waals surface area contributed by atoms with Gasteiger partial charge >= 0.3 is 12.0 Å². The average Bonchev–Trinajstić information content (AvgIpc) is 2.92. The Morgan fingerprint density at radius 2 is 1.67 bits per heavy atom. The standard InChI is InChI=1S/C23H42N2O5/c1-5-6-7-10-13-16-23(2,29)17-18-25-19(21(27)24(3)22(25)28)14-11-8-9-12-15-20(26)30-4/h19,29H,5-18H2,1-4H3. The Hall–Kier alpha value is -1.63. The number of aliphatic hydroxyl groups is 1. The largest absolute Gasteiger partial charge is 0.469 e. The van der Waals surface area contributed by atoms with Crippen molar-refractivity contribution >= 4 is 17.9 Å². The van der Waals surface area contributed by atoms with Gasteiger partial charge in [0.15, 0.2) is 0 Å². The van der Waals surface area contributed by atoms with Crippen LogP contribution in [-0.2, 0) is 14.3 Å². The second-order valence-electron chi connectivity index (χ2n) is 8.83. The summed E-state index contributed by atoms with van der Waals surface area (Å²) in [5, 5.41) is 10.7. The molecule has 30 heavy (non-hydrogen) atoms. The minimum absolute atomic E-state index is 0.159. The Morgan fingerprint density at radius 3 is 2.33 bits per heavy atom. The molecule has 2 atom stereocenters. The number of ether oxygens (including phenoxy) is 1. The summed E-state index contributed by atoms with van der Waals surface area (Å²) in [5.41, 5.74) is -0.824. The van der Waals surface area contributed by atoms with Crippen LogP contribution in [0.5, 0.6) is 0 Å². The topological polar surface area (TPSA) is 87.2 Å². The number of urea groups is 1. The number of esters is 1. The van der Waals surface area contributed by atoms with Gasteiger partial charge in [0.05, 0.1) is 12.7 Å². The number of imide groups is 1. The Morgan fingerprint density at radius 1 is 1.03 bits per heavy atom. The predicted molar refractivity (Wildman–Crippen MR) is 117 cm³/mol. The van der Waals surface area contributed by atoms with E-state index < -0.39 is 11.6 Å². The van der Waals surface area contributed by atoms with Gasteiger partial charge in [0, 0.05) is 20.0 Å². The van der Waals surface area contributed by atoms with Crippen LogP contribution in [0.3, 0.4) is 0 Å². The molecule has 0 aromatic rings. The molecular weight excluding hydrogens is 384 g/mol. The van der Waals surface area contributed by atoms with Crippen LogP contribution in [0.1, 0.15) is 97.3 Å². The minimum atomic E-state index is -0.824. The van der Waals surface area contributed by atoms with E-state index in [1.54, 1.807) is 4.90 Å². The Labute approximate surface area is 182 Å². The van der Waals surface area contributed by atoms with Crippen molar-refractivity contribution in [2.24, 2.45) is 0 Å². The molecule has 0 bridgehead atoms. The second kappa shape index (κ2) is 13.6. The third kappa shape index (κ3) is 9.02. The van der Waals surface area contributed by atoms with E-state index in [2.05, 4.69) is 11.7 Å². The molecule has 2 unspecified atom stereocenters. The van der Waals surface area contributed by atoms with E-state index in [0.717, 1.165) is 38.5 Å². The lowest BCUT2D eigenvalue weighted by atomic mass is 9.94. The summed E-state index contributed by atoms with van der Waals surface area (Å²) in [6.45, 7) is 4.40. The molecule has 0 aromatic carbocycles. The number of carbonyl (C=O) groups is 3. The zero-order chi connectivity index (χ0) is 22.6. The maximum absolute atomic E-state index is 12.5. The molecule has 1 aliphatic heterocycles. The number of carbonyl (C=O) groups excluding carboxylic acids is 3. The molecule has 7 heteroatoms. The monoisotopic (exact) mass is 426 g/mol. The van der Waals surface area contributed by atoms with Crippen molar-refractivity contribution in [1.82, 2.24) is 9.80 Å². The molecule has 1 saturated heterocycles. The van der Waals surface area contributed by atoms with Gasteiger partial charge in [-0.1, -0.05) is 58.3 Å². The summed E-state index contributed by atoms with van der Waals surface area (Å²) >= 11 is 0. The Kier molecular flexibility index (Phi) is 12.0. The number of unbranched alkanes of at least 4 members (excludes halogenated alkanes) is 7. The molecule has 0 aromatic heterocycles. The van der Waals surface area contributed by atoms with Crippen LogP contribution in [0.25, 0.3) is 0 Å². The molecule has 1 rings (SSSR count). The lowest BCUT2D eigenvalue weighted by Gasteiger charge is -2.28. The van der Waals surface area contributed by atoms with Gasteiger partial charge < -0.3 is 14.7 Å². The van der Waals surface area contributed by atoms with E-state index >= 15 is 0 Å². The highest BCUT2D eigenvalue weighted by molar-refractivity contribution is 6.03. The van der Waals surface area contributed by atoms with Crippen LogP contribution < -0.4 is 0 Å². The number of hydrogen-bond donors (Lipinski definition) is 1. The molecular formula is C23H42N2O5. The molecule has 3 amide bonds. The highest BCUT2D eigenvalue weighted by atomic mass is 16.5. The molecule has 0 spiro atoms. The predicted octanol–water partition coefficient (Wildman–Crippen LogP) is 4.26. The van der Waals surface area contributed by atoms with Gasteiger partial charge in [-0.15, -0.1) is 0 Å². The van der Waals surface area contributed by atoms with Gasteiger partial charge in [0.2, 0.25) is 0 Å².